The van der Waals surface area contributed by atoms with Crippen LogP contribution in [-0.4, -0.2) is 47.8 Å². The third-order valence-electron chi connectivity index (χ3n) is 3.43. The average Bonchev–Trinajstić information content (AvgIpc) is 2.47. The van der Waals surface area contributed by atoms with Crippen LogP contribution in [0, 0.1) is 0 Å². The van der Waals surface area contributed by atoms with E-state index in [1.165, 1.54) is 11.1 Å². The second-order valence-electron chi connectivity index (χ2n) is 6.27. The van der Waals surface area contributed by atoms with Crippen molar-refractivity contribution in [3.8, 4) is 11.1 Å². The second-order valence-corrected chi connectivity index (χ2v) is 6.27. The Morgan fingerprint density at radius 1 is 1.14 bits per heavy atom. The molecule has 0 radical (unpaired) electrons. The predicted octanol–water partition coefficient (Wildman–Crippen LogP) is 2.15. The quantitative estimate of drug-likeness (QED) is 0.822. The Morgan fingerprint density at radius 2 is 1.86 bits per heavy atom. The maximum atomic E-state index is 10.3. The van der Waals surface area contributed by atoms with E-state index in [4.69, 9.17) is 0 Å². The van der Waals surface area contributed by atoms with E-state index in [2.05, 4.69) is 34.6 Å². The first-order valence-corrected chi connectivity index (χ1v) is 7.53. The number of hydrogen-bond acceptors (Lipinski definition) is 4. The summed E-state index contributed by atoms with van der Waals surface area (Å²) in [6.45, 7) is 3.79. The number of hydrogen-bond donors (Lipinski definition) is 2. The first-order valence-electron chi connectivity index (χ1n) is 7.53. The van der Waals surface area contributed by atoms with E-state index in [9.17, 15) is 5.11 Å². The third-order valence-corrected chi connectivity index (χ3v) is 3.43. The minimum absolute atomic E-state index is 0.560. The van der Waals surface area contributed by atoms with E-state index >= 15 is 0 Å². The molecule has 0 fully saturated rings. The van der Waals surface area contributed by atoms with Gasteiger partial charge in [-0.05, 0) is 55.9 Å². The van der Waals surface area contributed by atoms with Gasteiger partial charge < -0.3 is 15.3 Å². The van der Waals surface area contributed by atoms with Crippen molar-refractivity contribution in [1.29, 1.82) is 0 Å². The predicted molar refractivity (Wildman–Crippen MR) is 90.6 cm³/mol. The van der Waals surface area contributed by atoms with Crippen molar-refractivity contribution in [3.63, 3.8) is 0 Å². The number of aromatic nitrogens is 1. The standard InChI is InChI=1S/C18H25N3O/c1-18(22,14-21(2)3)13-20-12-15-5-4-6-17(11-15)16-7-9-19-10-8-16/h4-11,20,22H,12-14H2,1-3H3. The van der Waals surface area contributed by atoms with Crippen LogP contribution in [0.3, 0.4) is 0 Å². The van der Waals surface area contributed by atoms with Gasteiger partial charge in [0.15, 0.2) is 0 Å². The zero-order valence-electron chi connectivity index (χ0n) is 13.6. The largest absolute Gasteiger partial charge is 0.388 e. The molecule has 0 aliphatic rings. The van der Waals surface area contributed by atoms with Gasteiger partial charge in [-0.15, -0.1) is 0 Å². The maximum absolute atomic E-state index is 10.3. The zero-order valence-corrected chi connectivity index (χ0v) is 13.6. The summed E-state index contributed by atoms with van der Waals surface area (Å²) in [5, 5.41) is 13.6. The summed E-state index contributed by atoms with van der Waals surface area (Å²) in [6, 6.07) is 12.4. The van der Waals surface area contributed by atoms with Crippen molar-refractivity contribution in [1.82, 2.24) is 15.2 Å². The van der Waals surface area contributed by atoms with Crippen molar-refractivity contribution < 1.29 is 5.11 Å². The van der Waals surface area contributed by atoms with Gasteiger partial charge in [-0.3, -0.25) is 4.98 Å². The fraction of sp³-hybridized carbons (Fsp3) is 0.389. The lowest BCUT2D eigenvalue weighted by molar-refractivity contribution is 0.0336. The van der Waals surface area contributed by atoms with Gasteiger partial charge in [0.05, 0.1) is 5.60 Å². The molecule has 22 heavy (non-hydrogen) atoms. The Kier molecular flexibility index (Phi) is 5.66. The summed E-state index contributed by atoms with van der Waals surface area (Å²) in [6.07, 6.45) is 3.61. The highest BCUT2D eigenvalue weighted by Gasteiger charge is 2.20. The smallest absolute Gasteiger partial charge is 0.0869 e. The van der Waals surface area contributed by atoms with Gasteiger partial charge in [0, 0.05) is 32.0 Å². The minimum Gasteiger partial charge on any atom is -0.388 e. The van der Waals surface area contributed by atoms with Crippen molar-refractivity contribution in [2.75, 3.05) is 27.2 Å². The van der Waals surface area contributed by atoms with Crippen LogP contribution in [0.15, 0.2) is 48.8 Å². The molecule has 0 spiro atoms. The minimum atomic E-state index is -0.730. The van der Waals surface area contributed by atoms with Gasteiger partial charge >= 0.3 is 0 Å². The van der Waals surface area contributed by atoms with Crippen molar-refractivity contribution in [2.24, 2.45) is 0 Å². The molecular formula is C18H25N3O. The van der Waals surface area contributed by atoms with E-state index in [1.807, 2.05) is 38.1 Å². The van der Waals surface area contributed by atoms with E-state index in [0.29, 0.717) is 13.1 Å². The number of rotatable bonds is 7. The number of nitrogens with zero attached hydrogens (tertiary/aromatic N) is 2. The van der Waals surface area contributed by atoms with Gasteiger partial charge in [0.2, 0.25) is 0 Å². The van der Waals surface area contributed by atoms with Crippen LogP contribution in [0.2, 0.25) is 0 Å². The van der Waals surface area contributed by atoms with Gasteiger partial charge in [0.1, 0.15) is 0 Å². The Hall–Kier alpha value is -1.75. The summed E-state index contributed by atoms with van der Waals surface area (Å²) < 4.78 is 0. The molecule has 0 amide bonds. The van der Waals surface area contributed by atoms with Crippen LogP contribution in [-0.2, 0) is 6.54 Å². The molecule has 1 unspecified atom stereocenters. The first kappa shape index (κ1) is 16.6. The SMILES string of the molecule is CN(C)CC(C)(O)CNCc1cccc(-c2ccncc2)c1. The zero-order chi connectivity index (χ0) is 16.0. The van der Waals surface area contributed by atoms with Crippen LogP contribution >= 0.6 is 0 Å². The third kappa shape index (κ3) is 5.22. The number of benzene rings is 1. The number of likely N-dealkylation sites (N-methyl/N-ethyl adjacent to an activating group) is 1. The van der Waals surface area contributed by atoms with Crippen LogP contribution in [0.4, 0.5) is 0 Å². The summed E-state index contributed by atoms with van der Waals surface area (Å²) in [4.78, 5) is 6.04. The van der Waals surface area contributed by atoms with Crippen molar-refractivity contribution in [2.45, 2.75) is 19.1 Å². The highest BCUT2D eigenvalue weighted by molar-refractivity contribution is 5.63. The maximum Gasteiger partial charge on any atom is 0.0869 e. The monoisotopic (exact) mass is 299 g/mol. The molecule has 0 aliphatic carbocycles. The molecule has 1 aromatic heterocycles. The Morgan fingerprint density at radius 3 is 2.55 bits per heavy atom. The lowest BCUT2D eigenvalue weighted by Gasteiger charge is -2.27. The van der Waals surface area contributed by atoms with E-state index in [1.54, 1.807) is 12.4 Å². The molecule has 2 aromatic rings. The summed E-state index contributed by atoms with van der Waals surface area (Å²) >= 11 is 0. The summed E-state index contributed by atoms with van der Waals surface area (Å²) in [5.74, 6) is 0. The summed E-state index contributed by atoms with van der Waals surface area (Å²) in [7, 11) is 3.93. The van der Waals surface area contributed by atoms with Gasteiger partial charge in [-0.25, -0.2) is 0 Å². The average molecular weight is 299 g/mol. The first-order chi connectivity index (χ1) is 10.5. The fourth-order valence-corrected chi connectivity index (χ4v) is 2.62. The van der Waals surface area contributed by atoms with E-state index in [0.717, 1.165) is 12.1 Å². The highest BCUT2D eigenvalue weighted by atomic mass is 16.3. The molecule has 0 aliphatic heterocycles. The van der Waals surface area contributed by atoms with Crippen LogP contribution in [0.25, 0.3) is 11.1 Å². The molecule has 1 heterocycles. The molecule has 2 rings (SSSR count). The van der Waals surface area contributed by atoms with E-state index in [-0.39, 0.29) is 0 Å². The molecule has 1 atom stereocenters. The Bertz CT molecular complexity index is 582. The molecule has 4 nitrogen and oxygen atoms in total. The van der Waals surface area contributed by atoms with Gasteiger partial charge in [-0.1, -0.05) is 18.2 Å². The summed E-state index contributed by atoms with van der Waals surface area (Å²) in [5.41, 5.74) is 2.82. The lowest BCUT2D eigenvalue weighted by Crippen LogP contribution is -2.45. The van der Waals surface area contributed by atoms with E-state index < -0.39 is 5.60 Å². The molecule has 118 valence electrons. The highest BCUT2D eigenvalue weighted by Crippen LogP contribution is 2.19. The molecule has 2 N–H and O–H groups in total. The molecule has 0 saturated carbocycles. The molecule has 0 bridgehead atoms. The topological polar surface area (TPSA) is 48.4 Å². The van der Waals surface area contributed by atoms with Gasteiger partial charge in [0.25, 0.3) is 0 Å². The Balaban J connectivity index is 1.94. The lowest BCUT2D eigenvalue weighted by atomic mass is 10.0. The number of pyridine rings is 1. The van der Waals surface area contributed by atoms with Gasteiger partial charge in [-0.2, -0.15) is 0 Å². The number of aliphatic hydroxyl groups is 1. The fourth-order valence-electron chi connectivity index (χ4n) is 2.62. The molecule has 1 aromatic carbocycles. The normalized spacial score (nSPS) is 14.0. The Labute approximate surface area is 132 Å². The molecular weight excluding hydrogens is 274 g/mol. The molecule has 4 heteroatoms. The van der Waals surface area contributed by atoms with Crippen molar-refractivity contribution in [3.05, 3.63) is 54.4 Å². The van der Waals surface area contributed by atoms with Crippen LogP contribution in [0.1, 0.15) is 12.5 Å². The van der Waals surface area contributed by atoms with Crippen LogP contribution < -0.4 is 5.32 Å². The van der Waals surface area contributed by atoms with Crippen LogP contribution in [0.5, 0.6) is 0 Å². The molecule has 0 saturated heterocycles. The number of nitrogens with one attached hydrogen (secondary N) is 1. The van der Waals surface area contributed by atoms with Crippen molar-refractivity contribution >= 4 is 0 Å². The second kappa shape index (κ2) is 7.49.